The van der Waals surface area contributed by atoms with Crippen LogP contribution >= 0.6 is 0 Å². The van der Waals surface area contributed by atoms with Gasteiger partial charge in [0.15, 0.2) is 0 Å². The Kier molecular flexibility index (Phi) is 10.5. The van der Waals surface area contributed by atoms with Crippen LogP contribution in [0.25, 0.3) is 0 Å². The predicted octanol–water partition coefficient (Wildman–Crippen LogP) is 4.61. The Morgan fingerprint density at radius 1 is 1.03 bits per heavy atom. The van der Waals surface area contributed by atoms with Crippen molar-refractivity contribution in [1.82, 2.24) is 14.5 Å². The van der Waals surface area contributed by atoms with Crippen LogP contribution in [0.1, 0.15) is 56.6 Å². The Hall–Kier alpha value is -2.33. The summed E-state index contributed by atoms with van der Waals surface area (Å²) in [5, 5.41) is 2.99. The van der Waals surface area contributed by atoms with E-state index in [4.69, 9.17) is 4.74 Å². The molecule has 0 aromatic heterocycles. The number of rotatable bonds is 11. The summed E-state index contributed by atoms with van der Waals surface area (Å²) < 4.78 is 46.7. The van der Waals surface area contributed by atoms with Crippen LogP contribution in [-0.4, -0.2) is 70.0 Å². The average Bonchev–Trinajstić information content (AvgIpc) is 2.93. The lowest BCUT2D eigenvalue weighted by atomic mass is 9.75. The Balaban J connectivity index is 1.12. The van der Waals surface area contributed by atoms with Crippen LogP contribution in [0.5, 0.6) is 0 Å². The minimum Gasteiger partial charge on any atom is -0.368 e. The second-order valence-electron chi connectivity index (χ2n) is 11.1. The zero-order valence-electron chi connectivity index (χ0n) is 23.1. The maximum atomic E-state index is 13.8. The highest BCUT2D eigenvalue weighted by Gasteiger charge is 2.31. The summed E-state index contributed by atoms with van der Waals surface area (Å²) in [7, 11) is 0.642. The second-order valence-corrected chi connectivity index (χ2v) is 13.0. The van der Waals surface area contributed by atoms with Crippen molar-refractivity contribution >= 4 is 15.9 Å². The third-order valence-corrected chi connectivity index (χ3v) is 10.1. The van der Waals surface area contributed by atoms with Gasteiger partial charge in [-0.25, -0.2) is 12.8 Å². The minimum absolute atomic E-state index is 0.000985. The van der Waals surface area contributed by atoms with Gasteiger partial charge in [-0.3, -0.25) is 4.79 Å². The van der Waals surface area contributed by atoms with Crippen LogP contribution in [0.2, 0.25) is 0 Å². The smallest absolute Gasteiger partial charge is 0.246 e. The number of carbonyl (C=O) groups excluding carboxylic acids is 1. The fourth-order valence-electron chi connectivity index (χ4n) is 6.12. The number of sulfonamides is 1. The molecule has 214 valence electrons. The lowest BCUT2D eigenvalue weighted by molar-refractivity contribution is -0.128. The van der Waals surface area contributed by atoms with Gasteiger partial charge in [-0.2, -0.15) is 4.31 Å². The van der Waals surface area contributed by atoms with Crippen molar-refractivity contribution in [3.8, 4) is 0 Å². The summed E-state index contributed by atoms with van der Waals surface area (Å²) in [4.78, 5) is 14.9. The Morgan fingerprint density at radius 3 is 2.36 bits per heavy atom. The van der Waals surface area contributed by atoms with Gasteiger partial charge in [0.2, 0.25) is 15.9 Å². The maximum Gasteiger partial charge on any atom is 0.246 e. The number of hydrogen-bond acceptors (Lipinski definition) is 5. The molecule has 2 aromatic carbocycles. The lowest BCUT2D eigenvalue weighted by Crippen LogP contribution is -2.41. The molecular formula is C30H42FN3O4S. The highest BCUT2D eigenvalue weighted by atomic mass is 32.2. The molecule has 1 heterocycles. The van der Waals surface area contributed by atoms with Gasteiger partial charge in [0, 0.05) is 25.7 Å². The average molecular weight is 560 g/mol. The Morgan fingerprint density at radius 2 is 1.72 bits per heavy atom. The maximum absolute atomic E-state index is 13.8. The zero-order valence-corrected chi connectivity index (χ0v) is 23.9. The molecule has 1 saturated heterocycles. The summed E-state index contributed by atoms with van der Waals surface area (Å²) in [5.41, 5.74) is 1.04. The molecule has 2 aromatic rings. The first-order chi connectivity index (χ1) is 18.7. The van der Waals surface area contributed by atoms with Gasteiger partial charge in [0.05, 0.1) is 11.0 Å². The van der Waals surface area contributed by atoms with Gasteiger partial charge in [0.1, 0.15) is 12.4 Å². The molecule has 1 N–H and O–H groups in total. The van der Waals surface area contributed by atoms with Gasteiger partial charge in [0.25, 0.3) is 0 Å². The largest absolute Gasteiger partial charge is 0.368 e. The molecule has 1 aliphatic carbocycles. The van der Waals surface area contributed by atoms with E-state index in [1.54, 1.807) is 42.5 Å². The zero-order chi connectivity index (χ0) is 27.8. The molecule has 0 bridgehead atoms. The number of halogens is 1. The summed E-state index contributed by atoms with van der Waals surface area (Å²) in [5.74, 6) is 0.764. The molecule has 1 saturated carbocycles. The third kappa shape index (κ3) is 8.10. The molecule has 39 heavy (non-hydrogen) atoms. The van der Waals surface area contributed by atoms with Crippen LogP contribution in [-0.2, 0) is 19.6 Å². The fourth-order valence-corrected chi connectivity index (χ4v) is 7.61. The van der Waals surface area contributed by atoms with Gasteiger partial charge in [-0.1, -0.05) is 43.2 Å². The first-order valence-corrected chi connectivity index (χ1v) is 15.5. The number of piperidine rings is 1. The van der Waals surface area contributed by atoms with Crippen LogP contribution in [0, 0.1) is 17.7 Å². The van der Waals surface area contributed by atoms with Crippen molar-refractivity contribution in [3.63, 3.8) is 0 Å². The topological polar surface area (TPSA) is 79.0 Å². The molecule has 2 aliphatic rings. The first kappa shape index (κ1) is 29.6. The van der Waals surface area contributed by atoms with Crippen molar-refractivity contribution < 1.29 is 22.3 Å². The molecule has 0 radical (unpaired) electrons. The summed E-state index contributed by atoms with van der Waals surface area (Å²) in [6.45, 7) is 1.41. The number of nitrogens with one attached hydrogen (secondary N) is 1. The Bertz CT molecular complexity index is 1160. The number of amides is 1. The summed E-state index contributed by atoms with van der Waals surface area (Å²) >= 11 is 0. The molecule has 1 unspecified atom stereocenters. The SMILES string of the molecule is CN(C)C(c1cccc(F)c1)C1CCC(CCNC(=O)COC2CCN(S(=O)(=O)c3ccccc3)CC2)CC1. The highest BCUT2D eigenvalue weighted by Crippen LogP contribution is 2.40. The summed E-state index contributed by atoms with van der Waals surface area (Å²) in [6, 6.07) is 15.6. The highest BCUT2D eigenvalue weighted by molar-refractivity contribution is 7.89. The van der Waals surface area contributed by atoms with Crippen LogP contribution in [0.15, 0.2) is 59.5 Å². The second kappa shape index (κ2) is 13.8. The molecule has 1 atom stereocenters. The van der Waals surface area contributed by atoms with E-state index in [1.807, 2.05) is 6.07 Å². The molecule has 2 fully saturated rings. The molecule has 1 aliphatic heterocycles. The van der Waals surface area contributed by atoms with E-state index in [2.05, 4.69) is 24.3 Å². The van der Waals surface area contributed by atoms with Gasteiger partial charge in [-0.15, -0.1) is 0 Å². The number of hydrogen-bond donors (Lipinski definition) is 1. The van der Waals surface area contributed by atoms with Crippen molar-refractivity contribution in [3.05, 3.63) is 66.0 Å². The number of carbonyl (C=O) groups is 1. The molecule has 4 rings (SSSR count). The van der Waals surface area contributed by atoms with E-state index in [-0.39, 0.29) is 30.5 Å². The molecule has 7 nitrogen and oxygen atoms in total. The van der Waals surface area contributed by atoms with Gasteiger partial charge < -0.3 is 15.0 Å². The van der Waals surface area contributed by atoms with Crippen LogP contribution < -0.4 is 5.32 Å². The van der Waals surface area contributed by atoms with Crippen molar-refractivity contribution in [1.29, 1.82) is 0 Å². The normalized spacial score (nSPS) is 22.1. The van der Waals surface area contributed by atoms with Crippen molar-refractivity contribution in [2.24, 2.45) is 11.8 Å². The molecule has 1 amide bonds. The predicted molar refractivity (Wildman–Crippen MR) is 150 cm³/mol. The molecule has 0 spiro atoms. The van der Waals surface area contributed by atoms with Crippen molar-refractivity contribution in [2.75, 3.05) is 40.3 Å². The van der Waals surface area contributed by atoms with E-state index in [9.17, 15) is 17.6 Å². The van der Waals surface area contributed by atoms with Gasteiger partial charge >= 0.3 is 0 Å². The van der Waals surface area contributed by atoms with E-state index < -0.39 is 10.0 Å². The minimum atomic E-state index is -3.49. The fraction of sp³-hybridized carbons (Fsp3) is 0.567. The van der Waals surface area contributed by atoms with E-state index >= 15 is 0 Å². The first-order valence-electron chi connectivity index (χ1n) is 14.1. The van der Waals surface area contributed by atoms with Crippen LogP contribution in [0.4, 0.5) is 4.39 Å². The number of nitrogens with zero attached hydrogens (tertiary/aromatic N) is 2. The monoisotopic (exact) mass is 559 g/mol. The van der Waals surface area contributed by atoms with E-state index in [1.165, 1.54) is 10.4 Å². The van der Waals surface area contributed by atoms with Crippen molar-refractivity contribution in [2.45, 2.75) is 62.0 Å². The molecule has 9 heteroatoms. The number of benzene rings is 2. The Labute approximate surface area is 232 Å². The van der Waals surface area contributed by atoms with Crippen LogP contribution in [0.3, 0.4) is 0 Å². The van der Waals surface area contributed by atoms with Gasteiger partial charge in [-0.05, 0) is 87.9 Å². The summed E-state index contributed by atoms with van der Waals surface area (Å²) in [6.07, 6.45) is 6.40. The standard InChI is InChI=1S/C30H42FN3O4S/c1-33(2)30(25-7-6-8-26(31)21-25)24-13-11-23(12-14-24)15-18-32-29(35)22-38-27-16-19-34(20-17-27)39(36,37)28-9-4-3-5-10-28/h3-10,21,23-24,27,30H,11-20,22H2,1-2H3,(H,32,35). The molecular weight excluding hydrogens is 517 g/mol. The number of ether oxygens (including phenoxy) is 1. The quantitative estimate of drug-likeness (QED) is 0.435. The third-order valence-electron chi connectivity index (χ3n) is 8.19. The van der Waals surface area contributed by atoms with E-state index in [0.29, 0.717) is 49.2 Å². The lowest BCUT2D eigenvalue weighted by Gasteiger charge is -2.37. The van der Waals surface area contributed by atoms with E-state index in [0.717, 1.165) is 37.7 Å².